The quantitative estimate of drug-likeness (QED) is 0.389. The molecule has 4 rings (SSSR count). The molecule has 4 aromatic rings. The number of aromatic nitrogens is 3. The lowest BCUT2D eigenvalue weighted by Crippen LogP contribution is -2.16. The number of benzene rings is 2. The number of aryl methyl sites for hydroxylation is 1. The number of anilines is 1. The molecule has 0 unspecified atom stereocenters. The van der Waals surface area contributed by atoms with E-state index in [1.165, 1.54) is 16.5 Å². The smallest absolute Gasteiger partial charge is 0.408 e. The molecule has 178 valence electrons. The number of hydrogen-bond acceptors (Lipinski definition) is 7. The van der Waals surface area contributed by atoms with Gasteiger partial charge in [-0.15, -0.1) is 0 Å². The zero-order chi connectivity index (χ0) is 24.6. The molecular formula is C23H23FN4O4S2. The number of oxazole rings is 1. The Hall–Kier alpha value is -3.31. The van der Waals surface area contributed by atoms with Gasteiger partial charge in [0.2, 0.25) is 5.13 Å². The molecule has 0 aliphatic heterocycles. The normalized spacial score (nSPS) is 12.6. The zero-order valence-electron chi connectivity index (χ0n) is 19.0. The molecule has 8 nitrogen and oxygen atoms in total. The average Bonchev–Trinajstić information content (AvgIpc) is 3.37. The van der Waals surface area contributed by atoms with Crippen molar-refractivity contribution in [3.8, 4) is 0 Å². The van der Waals surface area contributed by atoms with Crippen LogP contribution in [0.4, 0.5) is 9.52 Å². The molecule has 0 atom stereocenters. The number of nitrogens with one attached hydrogen (secondary N) is 1. The van der Waals surface area contributed by atoms with E-state index >= 15 is 0 Å². The Balaban J connectivity index is 1.78. The summed E-state index contributed by atoms with van der Waals surface area (Å²) in [7, 11) is -4.30. The highest BCUT2D eigenvalue weighted by atomic mass is 32.2. The summed E-state index contributed by atoms with van der Waals surface area (Å²) in [6.07, 6.45) is 3.27. The minimum atomic E-state index is -4.30. The fraction of sp³-hybridized carbons (Fsp3) is 0.261. The number of halogens is 1. The van der Waals surface area contributed by atoms with Crippen molar-refractivity contribution in [2.24, 2.45) is 5.92 Å². The fourth-order valence-corrected chi connectivity index (χ4v) is 5.20. The zero-order valence-corrected chi connectivity index (χ0v) is 20.6. The molecule has 0 spiro atoms. The van der Waals surface area contributed by atoms with Crippen LogP contribution in [0.3, 0.4) is 0 Å². The molecule has 0 amide bonds. The van der Waals surface area contributed by atoms with Crippen molar-refractivity contribution in [2.75, 3.05) is 4.72 Å². The Morgan fingerprint density at radius 1 is 1.32 bits per heavy atom. The monoisotopic (exact) mass is 502 g/mol. The first-order chi connectivity index (χ1) is 16.1. The molecule has 0 radical (unpaired) electrons. The van der Waals surface area contributed by atoms with Crippen molar-refractivity contribution in [2.45, 2.75) is 39.1 Å². The van der Waals surface area contributed by atoms with Gasteiger partial charge in [0.25, 0.3) is 10.0 Å². The lowest BCUT2D eigenvalue weighted by molar-refractivity contribution is 0.516. The molecule has 2 aromatic carbocycles. The molecule has 0 fully saturated rings. The van der Waals surface area contributed by atoms with Gasteiger partial charge in [-0.25, -0.2) is 22.6 Å². The van der Waals surface area contributed by atoms with Gasteiger partial charge >= 0.3 is 5.76 Å². The lowest BCUT2D eigenvalue weighted by atomic mass is 9.96. The molecular weight excluding hydrogens is 479 g/mol. The molecule has 0 aliphatic rings. The molecule has 1 N–H and O–H groups in total. The molecule has 0 saturated heterocycles. The van der Waals surface area contributed by atoms with Gasteiger partial charge in [-0.2, -0.15) is 4.37 Å². The van der Waals surface area contributed by atoms with Crippen LogP contribution in [0.15, 0.2) is 56.3 Å². The standard InChI is InChI=1S/C23H23FN4O4S2/c1-13(2)15(4)8-17-14(3)6-5-7-16(17)11-28-19-9-18(24)21(10-20(19)32-23(28)29)34(30,31)27-22-25-12-26-33-22/h5-10,12-13H,11H2,1-4H3,(H,25,26,27). The van der Waals surface area contributed by atoms with Crippen molar-refractivity contribution < 1.29 is 17.2 Å². The third-order valence-corrected chi connectivity index (χ3v) is 7.68. The van der Waals surface area contributed by atoms with Crippen LogP contribution in [-0.2, 0) is 16.6 Å². The largest absolute Gasteiger partial charge is 0.420 e. The van der Waals surface area contributed by atoms with Crippen molar-refractivity contribution in [3.63, 3.8) is 0 Å². The van der Waals surface area contributed by atoms with E-state index in [0.717, 1.165) is 40.4 Å². The third-order valence-electron chi connectivity index (χ3n) is 5.62. The molecule has 2 aromatic heterocycles. The number of allylic oxidation sites excluding steroid dienone is 1. The summed E-state index contributed by atoms with van der Waals surface area (Å²) >= 11 is 0.814. The van der Waals surface area contributed by atoms with E-state index in [9.17, 15) is 17.6 Å². The highest BCUT2D eigenvalue weighted by Gasteiger charge is 2.24. The van der Waals surface area contributed by atoms with Gasteiger partial charge in [-0.1, -0.05) is 43.7 Å². The van der Waals surface area contributed by atoms with Crippen LogP contribution in [-0.4, -0.2) is 22.3 Å². The van der Waals surface area contributed by atoms with Gasteiger partial charge in [-0.3, -0.25) is 9.29 Å². The number of hydrogen-bond donors (Lipinski definition) is 1. The van der Waals surface area contributed by atoms with Crippen LogP contribution >= 0.6 is 11.5 Å². The van der Waals surface area contributed by atoms with E-state index in [-0.39, 0.29) is 22.8 Å². The van der Waals surface area contributed by atoms with Crippen molar-refractivity contribution in [1.82, 2.24) is 13.9 Å². The van der Waals surface area contributed by atoms with Crippen LogP contribution in [0.5, 0.6) is 0 Å². The number of nitrogens with zero attached hydrogens (tertiary/aromatic N) is 3. The molecule has 0 saturated carbocycles. The van der Waals surface area contributed by atoms with Crippen molar-refractivity contribution >= 4 is 43.9 Å². The average molecular weight is 503 g/mol. The summed E-state index contributed by atoms with van der Waals surface area (Å²) < 4.78 is 52.7. The van der Waals surface area contributed by atoms with Gasteiger partial charge in [0.15, 0.2) is 5.58 Å². The van der Waals surface area contributed by atoms with Crippen molar-refractivity contribution in [3.05, 3.63) is 75.3 Å². The maximum atomic E-state index is 15.0. The van der Waals surface area contributed by atoms with Crippen LogP contribution in [0.25, 0.3) is 17.2 Å². The topological polar surface area (TPSA) is 107 Å². The molecule has 11 heteroatoms. The minimum absolute atomic E-state index is 0.00441. The number of sulfonamides is 1. The maximum absolute atomic E-state index is 15.0. The Morgan fingerprint density at radius 2 is 2.09 bits per heavy atom. The highest BCUT2D eigenvalue weighted by molar-refractivity contribution is 7.93. The lowest BCUT2D eigenvalue weighted by Gasteiger charge is -2.13. The van der Waals surface area contributed by atoms with Gasteiger partial charge in [0.1, 0.15) is 17.0 Å². The van der Waals surface area contributed by atoms with Crippen LogP contribution in [0.1, 0.15) is 37.5 Å². The summed E-state index contributed by atoms with van der Waals surface area (Å²) in [5.41, 5.74) is 4.20. The van der Waals surface area contributed by atoms with E-state index < -0.39 is 26.5 Å². The first-order valence-corrected chi connectivity index (χ1v) is 12.7. The minimum Gasteiger partial charge on any atom is -0.408 e. The summed E-state index contributed by atoms with van der Waals surface area (Å²) in [4.78, 5) is 15.8. The highest BCUT2D eigenvalue weighted by Crippen LogP contribution is 2.27. The van der Waals surface area contributed by atoms with Gasteiger partial charge < -0.3 is 4.42 Å². The summed E-state index contributed by atoms with van der Waals surface area (Å²) in [5, 5.41) is -0.00441. The van der Waals surface area contributed by atoms with E-state index in [4.69, 9.17) is 4.42 Å². The van der Waals surface area contributed by atoms with Gasteiger partial charge in [-0.05, 0) is 36.5 Å². The van der Waals surface area contributed by atoms with Gasteiger partial charge in [0, 0.05) is 23.7 Å². The molecule has 0 bridgehead atoms. The Kier molecular flexibility index (Phi) is 6.41. The van der Waals surface area contributed by atoms with Crippen LogP contribution in [0.2, 0.25) is 0 Å². The number of fused-ring (bicyclic) bond motifs is 1. The van der Waals surface area contributed by atoms with Crippen LogP contribution in [0, 0.1) is 18.7 Å². The first-order valence-electron chi connectivity index (χ1n) is 10.5. The predicted molar refractivity (Wildman–Crippen MR) is 130 cm³/mol. The summed E-state index contributed by atoms with van der Waals surface area (Å²) in [6.45, 7) is 8.38. The second kappa shape index (κ2) is 9.15. The summed E-state index contributed by atoms with van der Waals surface area (Å²) in [5.74, 6) is -1.37. The van der Waals surface area contributed by atoms with E-state index in [1.807, 2.05) is 32.0 Å². The van der Waals surface area contributed by atoms with E-state index in [2.05, 4.69) is 34.0 Å². The van der Waals surface area contributed by atoms with E-state index in [0.29, 0.717) is 5.92 Å². The second-order valence-electron chi connectivity index (χ2n) is 8.25. The Labute approximate surface area is 200 Å². The Bertz CT molecular complexity index is 1550. The molecule has 34 heavy (non-hydrogen) atoms. The van der Waals surface area contributed by atoms with E-state index in [1.54, 1.807) is 0 Å². The molecule has 2 heterocycles. The maximum Gasteiger partial charge on any atom is 0.420 e. The Morgan fingerprint density at radius 3 is 2.76 bits per heavy atom. The SMILES string of the molecule is CC(=Cc1c(C)cccc1Cn1c(=O)oc2cc(S(=O)(=O)Nc3ncns3)c(F)cc21)C(C)C. The molecule has 0 aliphatic carbocycles. The third kappa shape index (κ3) is 4.66. The fourth-order valence-electron chi connectivity index (χ4n) is 3.46. The van der Waals surface area contributed by atoms with Gasteiger partial charge in [0.05, 0.1) is 12.1 Å². The first kappa shape index (κ1) is 23.8. The van der Waals surface area contributed by atoms with Crippen LogP contribution < -0.4 is 10.5 Å². The predicted octanol–water partition coefficient (Wildman–Crippen LogP) is 4.80. The van der Waals surface area contributed by atoms with Crippen molar-refractivity contribution in [1.29, 1.82) is 0 Å². The summed E-state index contributed by atoms with van der Waals surface area (Å²) in [6, 6.07) is 7.79. The second-order valence-corrected chi connectivity index (χ2v) is 10.7. The number of rotatable bonds is 7.